The van der Waals surface area contributed by atoms with Gasteiger partial charge in [0.25, 0.3) is 0 Å². The van der Waals surface area contributed by atoms with Gasteiger partial charge in [-0.3, -0.25) is 0 Å². The summed E-state index contributed by atoms with van der Waals surface area (Å²) in [7, 11) is 0. The third-order valence-corrected chi connectivity index (χ3v) is 6.02. The zero-order chi connectivity index (χ0) is 19.8. The largest absolute Gasteiger partial charge is 0.321 e. The second-order valence-corrected chi connectivity index (χ2v) is 7.73. The van der Waals surface area contributed by atoms with Crippen LogP contribution in [-0.4, -0.2) is 6.67 Å². The second-order valence-electron chi connectivity index (χ2n) is 7.73. The molecule has 4 aromatic carbocycles. The third kappa shape index (κ3) is 3.15. The van der Waals surface area contributed by atoms with Crippen LogP contribution in [0.15, 0.2) is 84.9 Å². The molecule has 0 bridgehead atoms. The average Bonchev–Trinajstić information content (AvgIpc) is 3.16. The molecule has 4 aromatic rings. The SMILES string of the molecule is CCc1ccc(N2CN(c3ccc(CC)cc3)c3cc4ccccc4cc32)cc1. The van der Waals surface area contributed by atoms with Crippen LogP contribution in [0.25, 0.3) is 10.8 Å². The lowest BCUT2D eigenvalue weighted by Gasteiger charge is -2.22. The monoisotopic (exact) mass is 378 g/mol. The molecule has 5 rings (SSSR count). The summed E-state index contributed by atoms with van der Waals surface area (Å²) >= 11 is 0. The fraction of sp³-hybridized carbons (Fsp3) is 0.185. The zero-order valence-electron chi connectivity index (χ0n) is 17.1. The first-order chi connectivity index (χ1) is 14.3. The van der Waals surface area contributed by atoms with E-state index in [2.05, 4.69) is 109 Å². The maximum atomic E-state index is 2.43. The van der Waals surface area contributed by atoms with Gasteiger partial charge in [0.15, 0.2) is 0 Å². The zero-order valence-corrected chi connectivity index (χ0v) is 17.1. The molecule has 0 N–H and O–H groups in total. The van der Waals surface area contributed by atoms with Crippen molar-refractivity contribution in [3.63, 3.8) is 0 Å². The molecule has 144 valence electrons. The Hall–Kier alpha value is -3.26. The van der Waals surface area contributed by atoms with Gasteiger partial charge in [-0.25, -0.2) is 0 Å². The Kier molecular flexibility index (Phi) is 4.48. The molecule has 1 aliphatic rings. The summed E-state index contributed by atoms with van der Waals surface area (Å²) in [4.78, 5) is 4.85. The first-order valence-corrected chi connectivity index (χ1v) is 10.5. The van der Waals surface area contributed by atoms with Gasteiger partial charge in [-0.05, 0) is 71.1 Å². The number of fused-ring (bicyclic) bond motifs is 2. The molecule has 2 nitrogen and oxygen atoms in total. The van der Waals surface area contributed by atoms with Crippen LogP contribution in [-0.2, 0) is 12.8 Å². The Morgan fingerprint density at radius 3 is 1.38 bits per heavy atom. The van der Waals surface area contributed by atoms with Crippen molar-refractivity contribution in [1.29, 1.82) is 0 Å². The van der Waals surface area contributed by atoms with E-state index < -0.39 is 0 Å². The van der Waals surface area contributed by atoms with Gasteiger partial charge in [0.1, 0.15) is 6.67 Å². The molecule has 0 atom stereocenters. The number of hydrogen-bond donors (Lipinski definition) is 0. The minimum Gasteiger partial charge on any atom is -0.321 e. The highest BCUT2D eigenvalue weighted by Gasteiger charge is 2.28. The predicted octanol–water partition coefficient (Wildman–Crippen LogP) is 7.21. The minimum absolute atomic E-state index is 0.822. The molecule has 0 radical (unpaired) electrons. The Morgan fingerprint density at radius 2 is 1.00 bits per heavy atom. The van der Waals surface area contributed by atoms with Crippen LogP contribution >= 0.6 is 0 Å². The highest BCUT2D eigenvalue weighted by Crippen LogP contribution is 2.46. The van der Waals surface area contributed by atoms with Crippen LogP contribution in [0, 0.1) is 0 Å². The summed E-state index contributed by atoms with van der Waals surface area (Å²) in [6.45, 7) is 5.23. The maximum Gasteiger partial charge on any atom is 0.100 e. The molecule has 1 heterocycles. The molecule has 0 aliphatic carbocycles. The van der Waals surface area contributed by atoms with Crippen LogP contribution in [0.5, 0.6) is 0 Å². The van der Waals surface area contributed by atoms with Gasteiger partial charge in [0, 0.05) is 11.4 Å². The topological polar surface area (TPSA) is 6.48 Å². The number of anilines is 4. The Balaban J connectivity index is 1.63. The van der Waals surface area contributed by atoms with Crippen LogP contribution in [0.4, 0.5) is 22.7 Å². The second kappa shape index (κ2) is 7.29. The highest BCUT2D eigenvalue weighted by molar-refractivity contribution is 5.98. The molecule has 0 amide bonds. The molecule has 0 unspecified atom stereocenters. The van der Waals surface area contributed by atoms with E-state index in [1.54, 1.807) is 0 Å². The number of hydrogen-bond acceptors (Lipinski definition) is 2. The van der Waals surface area contributed by atoms with E-state index in [0.29, 0.717) is 0 Å². The highest BCUT2D eigenvalue weighted by atomic mass is 15.4. The summed E-state index contributed by atoms with van der Waals surface area (Å²) in [5.74, 6) is 0. The summed E-state index contributed by atoms with van der Waals surface area (Å²) in [5, 5.41) is 2.56. The van der Waals surface area contributed by atoms with Crippen molar-refractivity contribution in [3.8, 4) is 0 Å². The minimum atomic E-state index is 0.822. The maximum absolute atomic E-state index is 2.43. The molecule has 0 aromatic heterocycles. The first-order valence-electron chi connectivity index (χ1n) is 10.5. The Morgan fingerprint density at radius 1 is 0.586 bits per heavy atom. The quantitative estimate of drug-likeness (QED) is 0.370. The van der Waals surface area contributed by atoms with Gasteiger partial charge in [0.05, 0.1) is 11.4 Å². The van der Waals surface area contributed by atoms with Crippen molar-refractivity contribution >= 4 is 33.5 Å². The average molecular weight is 379 g/mol. The van der Waals surface area contributed by atoms with E-state index in [9.17, 15) is 0 Å². The van der Waals surface area contributed by atoms with Crippen LogP contribution in [0.1, 0.15) is 25.0 Å². The van der Waals surface area contributed by atoms with Crippen molar-refractivity contribution in [1.82, 2.24) is 0 Å². The van der Waals surface area contributed by atoms with Crippen molar-refractivity contribution in [3.05, 3.63) is 96.1 Å². The smallest absolute Gasteiger partial charge is 0.100 e. The van der Waals surface area contributed by atoms with E-state index >= 15 is 0 Å². The molecule has 1 aliphatic heterocycles. The van der Waals surface area contributed by atoms with E-state index in [0.717, 1.165) is 19.5 Å². The molecule has 29 heavy (non-hydrogen) atoms. The van der Waals surface area contributed by atoms with Gasteiger partial charge < -0.3 is 9.80 Å². The van der Waals surface area contributed by atoms with Gasteiger partial charge >= 0.3 is 0 Å². The fourth-order valence-electron chi connectivity index (χ4n) is 4.21. The summed E-state index contributed by atoms with van der Waals surface area (Å²) in [6.07, 6.45) is 2.13. The molecule has 0 spiro atoms. The lowest BCUT2D eigenvalue weighted by atomic mass is 10.1. The molecule has 0 saturated carbocycles. The van der Waals surface area contributed by atoms with Gasteiger partial charge in [-0.1, -0.05) is 62.4 Å². The van der Waals surface area contributed by atoms with Gasteiger partial charge in [-0.15, -0.1) is 0 Å². The number of aryl methyl sites for hydroxylation is 2. The first kappa shape index (κ1) is 17.8. The number of rotatable bonds is 4. The lowest BCUT2D eigenvalue weighted by Crippen LogP contribution is -2.23. The van der Waals surface area contributed by atoms with Crippen molar-refractivity contribution in [2.24, 2.45) is 0 Å². The van der Waals surface area contributed by atoms with Crippen molar-refractivity contribution < 1.29 is 0 Å². The van der Waals surface area contributed by atoms with E-state index in [-0.39, 0.29) is 0 Å². The van der Waals surface area contributed by atoms with E-state index in [1.165, 1.54) is 44.6 Å². The molecular weight excluding hydrogens is 352 g/mol. The van der Waals surface area contributed by atoms with E-state index in [1.807, 2.05) is 0 Å². The predicted molar refractivity (Wildman–Crippen MR) is 125 cm³/mol. The van der Waals surface area contributed by atoms with Crippen molar-refractivity contribution in [2.45, 2.75) is 26.7 Å². The van der Waals surface area contributed by atoms with Crippen molar-refractivity contribution in [2.75, 3.05) is 16.5 Å². The standard InChI is InChI=1S/C27H26N2/c1-3-20-9-13-24(14-10-20)28-19-29(25-15-11-21(4-2)12-16-25)27-18-23-8-6-5-7-22(23)17-26(27)28/h5-18H,3-4,19H2,1-2H3. The molecule has 0 fully saturated rings. The van der Waals surface area contributed by atoms with Crippen LogP contribution in [0.2, 0.25) is 0 Å². The Labute approximate surface area is 173 Å². The third-order valence-electron chi connectivity index (χ3n) is 6.02. The molecule has 2 heteroatoms. The summed E-state index contributed by atoms with van der Waals surface area (Å²) in [6, 6.07) is 31.3. The lowest BCUT2D eigenvalue weighted by molar-refractivity contribution is 0.988. The normalized spacial score (nSPS) is 13.2. The number of benzene rings is 4. The Bertz CT molecular complexity index is 1050. The van der Waals surface area contributed by atoms with E-state index in [4.69, 9.17) is 0 Å². The van der Waals surface area contributed by atoms with Crippen LogP contribution < -0.4 is 9.80 Å². The number of nitrogens with zero attached hydrogens (tertiary/aromatic N) is 2. The van der Waals surface area contributed by atoms with Gasteiger partial charge in [0.2, 0.25) is 0 Å². The summed E-state index contributed by atoms with van der Waals surface area (Å²) < 4.78 is 0. The fourth-order valence-corrected chi connectivity index (χ4v) is 4.21. The van der Waals surface area contributed by atoms with Crippen LogP contribution in [0.3, 0.4) is 0 Å². The molecular formula is C27H26N2. The summed E-state index contributed by atoms with van der Waals surface area (Å²) in [5.41, 5.74) is 7.77. The van der Waals surface area contributed by atoms with Gasteiger partial charge in [-0.2, -0.15) is 0 Å². The molecule has 0 saturated heterocycles.